The van der Waals surface area contributed by atoms with Gasteiger partial charge in [0.05, 0.1) is 24.7 Å². The Morgan fingerprint density at radius 3 is 2.60 bits per heavy atom. The number of hydrogen-bond donors (Lipinski definition) is 4. The molecule has 5 unspecified atom stereocenters. The number of carboxylic acids is 1. The van der Waals surface area contributed by atoms with E-state index in [1.165, 1.54) is 0 Å². The molecule has 2 fully saturated rings. The zero-order chi connectivity index (χ0) is 14.9. The monoisotopic (exact) mass is 286 g/mol. The van der Waals surface area contributed by atoms with Gasteiger partial charge in [-0.25, -0.2) is 0 Å². The summed E-state index contributed by atoms with van der Waals surface area (Å²) in [6.45, 7) is 2.09. The average Bonchev–Trinajstić information content (AvgIpc) is 2.99. The first kappa shape index (κ1) is 15.7. The maximum absolute atomic E-state index is 10.8. The minimum Gasteiger partial charge on any atom is -0.481 e. The Labute approximate surface area is 119 Å². The summed E-state index contributed by atoms with van der Waals surface area (Å²) < 4.78 is 0. The van der Waals surface area contributed by atoms with Gasteiger partial charge in [-0.3, -0.25) is 4.79 Å². The highest BCUT2D eigenvalue weighted by Gasteiger charge is 2.64. The molecule has 0 saturated heterocycles. The number of fused-ring (bicyclic) bond motifs is 1. The molecule has 4 N–H and O–H groups in total. The fraction of sp³-hybridized carbons (Fsp3) is 0.933. The van der Waals surface area contributed by atoms with Crippen molar-refractivity contribution >= 4 is 5.97 Å². The van der Waals surface area contributed by atoms with Crippen LogP contribution in [0.3, 0.4) is 0 Å². The lowest BCUT2D eigenvalue weighted by molar-refractivity contribution is -0.139. The van der Waals surface area contributed by atoms with E-state index in [2.05, 4.69) is 6.92 Å². The van der Waals surface area contributed by atoms with E-state index in [1.54, 1.807) is 0 Å². The summed E-state index contributed by atoms with van der Waals surface area (Å²) in [5.41, 5.74) is 0. The third-order valence-corrected chi connectivity index (χ3v) is 5.10. The molecule has 0 aliphatic heterocycles. The van der Waals surface area contributed by atoms with Gasteiger partial charge in [-0.05, 0) is 36.5 Å². The minimum absolute atomic E-state index is 0.0284. The third-order valence-electron chi connectivity index (χ3n) is 5.10. The first-order valence-electron chi connectivity index (χ1n) is 7.73. The van der Waals surface area contributed by atoms with Gasteiger partial charge in [0.1, 0.15) is 0 Å². The maximum atomic E-state index is 10.8. The summed E-state index contributed by atoms with van der Waals surface area (Å²) in [5.74, 6) is -0.945. The Balaban J connectivity index is 1.85. The predicted octanol–water partition coefficient (Wildman–Crippen LogP) is 1.01. The van der Waals surface area contributed by atoms with Crippen LogP contribution in [0.25, 0.3) is 0 Å². The van der Waals surface area contributed by atoms with E-state index in [0.29, 0.717) is 12.8 Å². The van der Waals surface area contributed by atoms with Crippen molar-refractivity contribution < 1.29 is 25.2 Å². The van der Waals surface area contributed by atoms with Crippen molar-refractivity contribution in [3.63, 3.8) is 0 Å². The van der Waals surface area contributed by atoms with Crippen LogP contribution in [0.15, 0.2) is 0 Å². The van der Waals surface area contributed by atoms with E-state index in [-0.39, 0.29) is 30.1 Å². The number of carboxylic acid groups (broad SMARTS) is 1. The number of unbranched alkanes of at least 4 members (excludes halogenated alkanes) is 2. The van der Waals surface area contributed by atoms with E-state index >= 15 is 0 Å². The van der Waals surface area contributed by atoms with E-state index in [9.17, 15) is 20.1 Å². The molecule has 0 amide bonds. The minimum atomic E-state index is -0.904. The molecule has 2 rings (SSSR count). The molecule has 2 saturated carbocycles. The number of aliphatic carboxylic acids is 1. The first-order valence-corrected chi connectivity index (χ1v) is 7.73. The van der Waals surface area contributed by atoms with Crippen LogP contribution in [0.5, 0.6) is 0 Å². The molecule has 0 aromatic carbocycles. The second-order valence-corrected chi connectivity index (χ2v) is 6.44. The Hall–Kier alpha value is -0.650. The number of carbonyl (C=O) groups is 1. The van der Waals surface area contributed by atoms with E-state index in [4.69, 9.17) is 5.11 Å². The lowest BCUT2D eigenvalue weighted by Gasteiger charge is -2.23. The van der Waals surface area contributed by atoms with Gasteiger partial charge in [0, 0.05) is 0 Å². The van der Waals surface area contributed by atoms with Crippen LogP contribution in [-0.2, 0) is 4.79 Å². The van der Waals surface area contributed by atoms with Gasteiger partial charge < -0.3 is 20.4 Å². The molecule has 5 heteroatoms. The van der Waals surface area contributed by atoms with Crippen LogP contribution >= 0.6 is 0 Å². The smallest absolute Gasteiger partial charge is 0.303 e. The van der Waals surface area contributed by atoms with Crippen molar-refractivity contribution in [3.8, 4) is 0 Å². The van der Waals surface area contributed by atoms with Crippen molar-refractivity contribution in [3.05, 3.63) is 0 Å². The largest absolute Gasteiger partial charge is 0.481 e. The van der Waals surface area contributed by atoms with Gasteiger partial charge in [-0.2, -0.15) is 0 Å². The second-order valence-electron chi connectivity index (χ2n) is 6.44. The quantitative estimate of drug-likeness (QED) is 0.499. The molecule has 2 aliphatic rings. The Morgan fingerprint density at radius 2 is 2.00 bits per heavy atom. The summed E-state index contributed by atoms with van der Waals surface area (Å²) in [6.07, 6.45) is 2.07. The van der Waals surface area contributed by atoms with Crippen molar-refractivity contribution in [1.82, 2.24) is 0 Å². The van der Waals surface area contributed by atoms with Crippen molar-refractivity contribution in [2.45, 2.75) is 63.8 Å². The van der Waals surface area contributed by atoms with Crippen LogP contribution in [0.2, 0.25) is 0 Å². The maximum Gasteiger partial charge on any atom is 0.303 e. The molecule has 0 aromatic heterocycles. The lowest BCUT2D eigenvalue weighted by Crippen LogP contribution is -2.33. The molecule has 20 heavy (non-hydrogen) atoms. The summed E-state index contributed by atoms with van der Waals surface area (Å²) in [5, 5.41) is 39.0. The standard InChI is InChI=1S/C15H26O5/c1-2-3-4-5-10(16)15(20)14-9-6-11(17)8(13(9)14)7-12(18)19/h8-11,13-17,20H,2-7H2,1H3,(H,18,19)/t8?,9?,10-,11?,13?,14?,15-/m1/s1. The molecular weight excluding hydrogens is 260 g/mol. The molecule has 0 bridgehead atoms. The van der Waals surface area contributed by atoms with Crippen molar-refractivity contribution in [2.75, 3.05) is 0 Å². The van der Waals surface area contributed by atoms with Gasteiger partial charge in [0.15, 0.2) is 0 Å². The molecule has 2 aliphatic carbocycles. The molecule has 5 nitrogen and oxygen atoms in total. The van der Waals surface area contributed by atoms with Crippen LogP contribution in [-0.4, -0.2) is 44.7 Å². The molecule has 116 valence electrons. The number of aliphatic hydroxyl groups excluding tert-OH is 3. The van der Waals surface area contributed by atoms with Crippen molar-refractivity contribution in [1.29, 1.82) is 0 Å². The van der Waals surface area contributed by atoms with E-state index in [1.807, 2.05) is 0 Å². The molecular formula is C15H26O5. The fourth-order valence-electron chi connectivity index (χ4n) is 4.04. The number of aliphatic hydroxyl groups is 3. The zero-order valence-corrected chi connectivity index (χ0v) is 12.0. The van der Waals surface area contributed by atoms with Gasteiger partial charge in [-0.15, -0.1) is 0 Å². The molecule has 7 atom stereocenters. The second kappa shape index (κ2) is 6.41. The Kier molecular flexibility index (Phi) is 5.04. The number of rotatable bonds is 8. The van der Waals surface area contributed by atoms with Crippen molar-refractivity contribution in [2.24, 2.45) is 23.7 Å². The average molecular weight is 286 g/mol. The van der Waals surface area contributed by atoms with E-state index in [0.717, 1.165) is 19.3 Å². The molecule has 0 spiro atoms. The molecule has 0 radical (unpaired) electrons. The summed E-state index contributed by atoms with van der Waals surface area (Å²) in [7, 11) is 0. The van der Waals surface area contributed by atoms with Crippen LogP contribution < -0.4 is 0 Å². The zero-order valence-electron chi connectivity index (χ0n) is 12.0. The highest BCUT2D eigenvalue weighted by Crippen LogP contribution is 2.63. The highest BCUT2D eigenvalue weighted by atomic mass is 16.4. The summed E-state index contributed by atoms with van der Waals surface area (Å²) >= 11 is 0. The number of hydrogen-bond acceptors (Lipinski definition) is 4. The van der Waals surface area contributed by atoms with Gasteiger partial charge in [-0.1, -0.05) is 26.2 Å². The first-order chi connectivity index (χ1) is 9.47. The van der Waals surface area contributed by atoms with Gasteiger partial charge in [0.25, 0.3) is 0 Å². The fourth-order valence-corrected chi connectivity index (χ4v) is 4.04. The summed E-state index contributed by atoms with van der Waals surface area (Å²) in [4.78, 5) is 10.8. The van der Waals surface area contributed by atoms with Crippen LogP contribution in [0.1, 0.15) is 45.4 Å². The third kappa shape index (κ3) is 3.15. The van der Waals surface area contributed by atoms with Crippen LogP contribution in [0.4, 0.5) is 0 Å². The SMILES string of the molecule is CCCCC[C@@H](O)[C@@H](O)C1C2CC(O)C(CC(=O)O)C21. The van der Waals surface area contributed by atoms with Crippen LogP contribution in [0, 0.1) is 23.7 Å². The molecule has 0 heterocycles. The Morgan fingerprint density at radius 1 is 1.30 bits per heavy atom. The lowest BCUT2D eigenvalue weighted by atomic mass is 9.90. The summed E-state index contributed by atoms with van der Waals surface area (Å²) in [6, 6.07) is 0. The Bertz CT molecular complexity index is 345. The van der Waals surface area contributed by atoms with Gasteiger partial charge >= 0.3 is 5.97 Å². The van der Waals surface area contributed by atoms with Gasteiger partial charge in [0.2, 0.25) is 0 Å². The van der Waals surface area contributed by atoms with E-state index < -0.39 is 24.3 Å². The molecule has 0 aromatic rings. The normalized spacial score (nSPS) is 38.3. The highest BCUT2D eigenvalue weighted by molar-refractivity contribution is 5.67. The topological polar surface area (TPSA) is 98.0 Å². The predicted molar refractivity (Wildman–Crippen MR) is 73.0 cm³/mol.